The smallest absolute Gasteiger partial charge is 0.493 e. The van der Waals surface area contributed by atoms with E-state index < -0.39 is 23.1 Å². The van der Waals surface area contributed by atoms with Crippen LogP contribution in [0.1, 0.15) is 25.7 Å². The molecule has 1 aliphatic carbocycles. The molecule has 64 heavy (non-hydrogen) atoms. The summed E-state index contributed by atoms with van der Waals surface area (Å²) in [4.78, 5) is 0. The van der Waals surface area contributed by atoms with Gasteiger partial charge in [-0.1, -0.05) is 97.1 Å². The third-order valence-electron chi connectivity index (χ3n) is 10.0. The summed E-state index contributed by atoms with van der Waals surface area (Å²) in [6.07, 6.45) is 14.0. The molecule has 1 aliphatic rings. The van der Waals surface area contributed by atoms with Crippen LogP contribution in [-0.4, -0.2) is 49.9 Å². The molecule has 0 aliphatic heterocycles. The Morgan fingerprint density at radius 3 is 0.812 bits per heavy atom. The average molecular weight is 1000 g/mol. The van der Waals surface area contributed by atoms with Crippen LogP contribution in [0, 0.1) is 0 Å². The number of rotatable bonds is 13. The molecule has 0 atom stereocenters. The van der Waals surface area contributed by atoms with Crippen molar-refractivity contribution in [2.24, 2.45) is 0 Å². The molecule has 0 fully saturated rings. The van der Waals surface area contributed by atoms with E-state index >= 15 is 0 Å². The Kier molecular flexibility index (Phi) is 20.9. The fourth-order valence-corrected chi connectivity index (χ4v) is 13.0. The first-order valence-corrected chi connectivity index (χ1v) is 23.4. The third kappa shape index (κ3) is 13.5. The maximum Gasteiger partial charge on any atom is 0.673 e. The van der Waals surface area contributed by atoms with Gasteiger partial charge in [-0.2, -0.15) is 0 Å². The number of ether oxygens (including phenoxy) is 6. The van der Waals surface area contributed by atoms with Gasteiger partial charge >= 0.3 is 7.25 Å². The Morgan fingerprint density at radius 2 is 0.609 bits per heavy atom. The molecule has 0 N–H and O–H groups in total. The van der Waals surface area contributed by atoms with E-state index in [1.54, 1.807) is 42.7 Å². The topological polar surface area (TPSA) is 55.4 Å². The molecule has 7 rings (SSSR count). The zero-order valence-corrected chi connectivity index (χ0v) is 40.4. The van der Waals surface area contributed by atoms with E-state index in [0.717, 1.165) is 21.7 Å². The standard InChI is InChI=1S/C42H40O6P2.C8H12.BF4.Rh/c1-43-33-27-35(49(29-19-11-7-12-20-29)30-21-13-8-14-22-30)37(41(47-5)39(33)45-3)38-36(28-34(44-2)40(46-4)42(38)48-6)50(31-23-15-9-16-24-31)32-25-17-10-18-26-32;1-2-4-6-8-7-5-3-1;2-1(3,4)5;/h7-28H,1-6H3;1-2,7-8H,3-6H2;;/q;;-1;/p+2/b;2-1-,8-7-;;. The zero-order valence-electron chi connectivity index (χ0n) is 36.7. The van der Waals surface area contributed by atoms with Gasteiger partial charge in [0.15, 0.2) is 23.0 Å². The monoisotopic (exact) mass is 1000 g/mol. The minimum Gasteiger partial charge on any atom is -0.493 e. The Labute approximate surface area is 390 Å². The minimum absolute atomic E-state index is 0. The maximum atomic E-state index is 9.75. The molecule has 6 aromatic carbocycles. The second-order valence-electron chi connectivity index (χ2n) is 13.9. The van der Waals surface area contributed by atoms with Crippen molar-refractivity contribution in [2.75, 3.05) is 42.7 Å². The van der Waals surface area contributed by atoms with Gasteiger partial charge in [0, 0.05) is 31.6 Å². The molecule has 0 aromatic heterocycles. The molecular formula is C50H54BF4O6P2Rh+. The predicted octanol–water partition coefficient (Wildman–Crippen LogP) is 10.4. The first-order valence-electron chi connectivity index (χ1n) is 20.4. The van der Waals surface area contributed by atoms with Gasteiger partial charge in [-0.15, -0.1) is 0 Å². The second-order valence-corrected chi connectivity index (χ2v) is 18.8. The van der Waals surface area contributed by atoms with Gasteiger partial charge in [-0.3, -0.25) is 0 Å². The van der Waals surface area contributed by atoms with Gasteiger partial charge in [-0.25, -0.2) is 0 Å². The van der Waals surface area contributed by atoms with E-state index in [1.165, 1.54) is 46.9 Å². The number of benzene rings is 6. The number of hydrogen-bond donors (Lipinski definition) is 0. The van der Waals surface area contributed by atoms with Crippen LogP contribution in [0.4, 0.5) is 17.3 Å². The molecule has 339 valence electrons. The first-order chi connectivity index (χ1) is 30.6. The number of hydrogen-bond acceptors (Lipinski definition) is 6. The van der Waals surface area contributed by atoms with Crippen LogP contribution in [0.15, 0.2) is 158 Å². The molecule has 0 bridgehead atoms. The molecular weight excluding hydrogens is 948 g/mol. The molecule has 6 nitrogen and oxygen atoms in total. The summed E-state index contributed by atoms with van der Waals surface area (Å²) >= 11 is 0. The molecule has 0 saturated carbocycles. The van der Waals surface area contributed by atoms with Crippen molar-refractivity contribution < 1.29 is 65.2 Å². The van der Waals surface area contributed by atoms with Gasteiger partial charge in [0.05, 0.1) is 69.6 Å². The van der Waals surface area contributed by atoms with Gasteiger partial charge in [0.2, 0.25) is 11.5 Å². The molecule has 0 unspecified atom stereocenters. The van der Waals surface area contributed by atoms with Crippen LogP contribution in [-0.2, 0) is 19.5 Å². The van der Waals surface area contributed by atoms with Crippen LogP contribution >= 0.6 is 15.8 Å². The van der Waals surface area contributed by atoms with Crippen LogP contribution in [0.3, 0.4) is 0 Å². The Bertz CT molecular complexity index is 2130. The van der Waals surface area contributed by atoms with E-state index in [0.29, 0.717) is 34.5 Å². The van der Waals surface area contributed by atoms with Crippen molar-refractivity contribution in [1.82, 2.24) is 0 Å². The van der Waals surface area contributed by atoms with Crippen LogP contribution in [0.25, 0.3) is 11.1 Å². The van der Waals surface area contributed by atoms with Crippen LogP contribution < -0.4 is 60.2 Å². The van der Waals surface area contributed by atoms with E-state index in [4.69, 9.17) is 28.4 Å². The Hall–Kier alpha value is -5.13. The summed E-state index contributed by atoms with van der Waals surface area (Å²) in [5.41, 5.74) is 1.71. The van der Waals surface area contributed by atoms with Crippen LogP contribution in [0.2, 0.25) is 0 Å². The van der Waals surface area contributed by atoms with Crippen molar-refractivity contribution in [3.8, 4) is 45.6 Å². The summed E-state index contributed by atoms with van der Waals surface area (Å²) < 4.78 is 76.0. The molecule has 0 heterocycles. The van der Waals surface area contributed by atoms with Gasteiger partial charge in [-0.05, 0) is 74.2 Å². The van der Waals surface area contributed by atoms with Crippen molar-refractivity contribution in [3.63, 3.8) is 0 Å². The van der Waals surface area contributed by atoms with E-state index in [1.807, 2.05) is 24.3 Å². The van der Waals surface area contributed by atoms with Crippen molar-refractivity contribution in [2.45, 2.75) is 25.7 Å². The Balaban J connectivity index is 0.000000555. The fraction of sp³-hybridized carbons (Fsp3) is 0.200. The normalized spacial score (nSPS) is 13.0. The van der Waals surface area contributed by atoms with Gasteiger partial charge in [0.1, 0.15) is 31.8 Å². The van der Waals surface area contributed by atoms with E-state index in [9.17, 15) is 17.3 Å². The second kappa shape index (κ2) is 26.0. The van der Waals surface area contributed by atoms with Crippen LogP contribution in [0.5, 0.6) is 34.5 Å². The zero-order chi connectivity index (χ0) is 45.2. The molecule has 1 radical (unpaired) electrons. The molecule has 14 heteroatoms. The van der Waals surface area contributed by atoms with E-state index in [2.05, 4.69) is 133 Å². The predicted molar refractivity (Wildman–Crippen MR) is 258 cm³/mol. The first kappa shape index (κ1) is 51.5. The summed E-state index contributed by atoms with van der Waals surface area (Å²) in [7, 11) is 0.541. The average Bonchev–Trinajstić information content (AvgIpc) is 3.29. The Morgan fingerprint density at radius 1 is 0.375 bits per heavy atom. The SMILES string of the molecule is C1=C\CC/C=C\CC/1.COc1cc([PH+](c2ccccc2)c2ccccc2)c(-c2c([PH+](c3ccccc3)c3ccccc3)cc(OC)c(OC)c2OC)c(OC)c1OC.F[B-](F)(F)F.[Rh]. The van der Waals surface area contributed by atoms with Crippen molar-refractivity contribution >= 4 is 54.9 Å². The maximum absolute atomic E-state index is 9.75. The molecule has 0 spiro atoms. The fourth-order valence-electron chi connectivity index (χ4n) is 7.43. The number of halogens is 4. The minimum atomic E-state index is -6.00. The molecule has 0 saturated heterocycles. The summed E-state index contributed by atoms with van der Waals surface area (Å²) in [6.45, 7) is 0. The third-order valence-corrected chi connectivity index (χ3v) is 15.5. The number of allylic oxidation sites excluding steroid dienone is 4. The van der Waals surface area contributed by atoms with E-state index in [-0.39, 0.29) is 19.5 Å². The quantitative estimate of drug-likeness (QED) is 0.0497. The van der Waals surface area contributed by atoms with Gasteiger partial charge in [0.25, 0.3) is 0 Å². The number of methoxy groups -OCH3 is 6. The summed E-state index contributed by atoms with van der Waals surface area (Å²) in [5, 5.41) is 6.93. The summed E-state index contributed by atoms with van der Waals surface area (Å²) in [6, 6.07) is 46.8. The molecule has 6 aromatic rings. The summed E-state index contributed by atoms with van der Waals surface area (Å²) in [5.74, 6) is 3.24. The largest absolute Gasteiger partial charge is 0.673 e. The molecule has 0 amide bonds. The van der Waals surface area contributed by atoms with Crippen molar-refractivity contribution in [1.29, 1.82) is 0 Å². The van der Waals surface area contributed by atoms with Gasteiger partial charge < -0.3 is 45.7 Å². The van der Waals surface area contributed by atoms with Crippen molar-refractivity contribution in [3.05, 3.63) is 158 Å².